The standard InChI is InChI=1S/C18H21NO3/c1-5-22-18(21)13(3)15-11-12(2)16(19(15)4)17(20)14-9-7-6-8-10-14/h6-11,13H,5H2,1-4H3. The van der Waals surface area contributed by atoms with Gasteiger partial charge in [0, 0.05) is 18.3 Å². The van der Waals surface area contributed by atoms with Crippen molar-refractivity contribution >= 4 is 11.8 Å². The first-order valence-corrected chi connectivity index (χ1v) is 7.40. The van der Waals surface area contributed by atoms with Crippen LogP contribution in [-0.4, -0.2) is 22.9 Å². The smallest absolute Gasteiger partial charge is 0.314 e. The van der Waals surface area contributed by atoms with Gasteiger partial charge in [-0.05, 0) is 32.4 Å². The Bertz CT molecular complexity index is 686. The van der Waals surface area contributed by atoms with Crippen LogP contribution in [0.15, 0.2) is 36.4 Å². The van der Waals surface area contributed by atoms with Gasteiger partial charge < -0.3 is 9.30 Å². The van der Waals surface area contributed by atoms with Gasteiger partial charge in [0.05, 0.1) is 18.2 Å². The van der Waals surface area contributed by atoms with E-state index in [0.29, 0.717) is 17.9 Å². The molecular weight excluding hydrogens is 278 g/mol. The zero-order valence-corrected chi connectivity index (χ0v) is 13.4. The molecule has 0 spiro atoms. The van der Waals surface area contributed by atoms with Crippen molar-refractivity contribution in [1.82, 2.24) is 4.57 Å². The molecule has 0 fully saturated rings. The van der Waals surface area contributed by atoms with Crippen LogP contribution in [0, 0.1) is 6.92 Å². The predicted molar refractivity (Wildman–Crippen MR) is 85.1 cm³/mol. The number of aryl methyl sites for hydroxylation is 1. The molecule has 2 aromatic rings. The molecule has 0 saturated heterocycles. The lowest BCUT2D eigenvalue weighted by Gasteiger charge is -2.13. The van der Waals surface area contributed by atoms with E-state index >= 15 is 0 Å². The summed E-state index contributed by atoms with van der Waals surface area (Å²) in [4.78, 5) is 24.6. The number of benzene rings is 1. The third kappa shape index (κ3) is 2.96. The summed E-state index contributed by atoms with van der Waals surface area (Å²) in [7, 11) is 1.81. The molecule has 1 aromatic carbocycles. The Morgan fingerprint density at radius 1 is 1.23 bits per heavy atom. The fraction of sp³-hybridized carbons (Fsp3) is 0.333. The molecule has 4 heteroatoms. The highest BCUT2D eigenvalue weighted by Gasteiger charge is 2.24. The van der Waals surface area contributed by atoms with Crippen LogP contribution in [0.1, 0.15) is 47.1 Å². The molecule has 4 nitrogen and oxygen atoms in total. The second-order valence-corrected chi connectivity index (χ2v) is 5.33. The summed E-state index contributed by atoms with van der Waals surface area (Å²) < 4.78 is 6.87. The SMILES string of the molecule is CCOC(=O)C(C)c1cc(C)c(C(=O)c2ccccc2)n1C. The van der Waals surface area contributed by atoms with E-state index in [1.165, 1.54) is 0 Å². The van der Waals surface area contributed by atoms with E-state index in [1.54, 1.807) is 30.5 Å². The molecule has 22 heavy (non-hydrogen) atoms. The average molecular weight is 299 g/mol. The van der Waals surface area contributed by atoms with Gasteiger partial charge >= 0.3 is 5.97 Å². The van der Waals surface area contributed by atoms with Crippen LogP contribution in [-0.2, 0) is 16.6 Å². The molecule has 2 rings (SSSR count). The van der Waals surface area contributed by atoms with Gasteiger partial charge in [-0.3, -0.25) is 9.59 Å². The highest BCUT2D eigenvalue weighted by atomic mass is 16.5. The van der Waals surface area contributed by atoms with E-state index in [-0.39, 0.29) is 11.8 Å². The van der Waals surface area contributed by atoms with Crippen LogP contribution in [0.3, 0.4) is 0 Å². The van der Waals surface area contributed by atoms with Crippen molar-refractivity contribution in [3.8, 4) is 0 Å². The van der Waals surface area contributed by atoms with Crippen molar-refractivity contribution in [2.45, 2.75) is 26.7 Å². The summed E-state index contributed by atoms with van der Waals surface area (Å²) in [5, 5.41) is 0. The molecule has 0 aliphatic rings. The second-order valence-electron chi connectivity index (χ2n) is 5.33. The maximum absolute atomic E-state index is 12.7. The highest BCUT2D eigenvalue weighted by molar-refractivity contribution is 6.09. The zero-order chi connectivity index (χ0) is 16.3. The van der Waals surface area contributed by atoms with E-state index in [2.05, 4.69) is 0 Å². The van der Waals surface area contributed by atoms with Crippen molar-refractivity contribution in [3.05, 3.63) is 58.9 Å². The zero-order valence-electron chi connectivity index (χ0n) is 13.4. The minimum absolute atomic E-state index is 0.0390. The molecule has 1 aromatic heterocycles. The van der Waals surface area contributed by atoms with Crippen molar-refractivity contribution in [1.29, 1.82) is 0 Å². The number of hydrogen-bond acceptors (Lipinski definition) is 3. The van der Waals surface area contributed by atoms with Crippen molar-refractivity contribution in [2.24, 2.45) is 7.05 Å². The average Bonchev–Trinajstić information content (AvgIpc) is 2.81. The number of esters is 1. The summed E-state index contributed by atoms with van der Waals surface area (Å²) >= 11 is 0. The molecule has 0 radical (unpaired) electrons. The topological polar surface area (TPSA) is 48.3 Å². The summed E-state index contributed by atoms with van der Waals surface area (Å²) in [5.74, 6) is -0.717. The second kappa shape index (κ2) is 6.60. The minimum atomic E-state index is -0.402. The molecule has 116 valence electrons. The number of carbonyl (C=O) groups is 2. The number of rotatable bonds is 5. The molecule has 0 bridgehead atoms. The lowest BCUT2D eigenvalue weighted by atomic mass is 10.1. The number of ether oxygens (including phenoxy) is 1. The molecule has 0 saturated carbocycles. The fourth-order valence-corrected chi connectivity index (χ4v) is 2.64. The lowest BCUT2D eigenvalue weighted by molar-refractivity contribution is -0.144. The number of hydrogen-bond donors (Lipinski definition) is 0. The third-order valence-corrected chi connectivity index (χ3v) is 3.80. The first kappa shape index (κ1) is 16.0. The quantitative estimate of drug-likeness (QED) is 0.629. The third-order valence-electron chi connectivity index (χ3n) is 3.80. The van der Waals surface area contributed by atoms with E-state index in [4.69, 9.17) is 4.74 Å². The Morgan fingerprint density at radius 3 is 2.45 bits per heavy atom. The Morgan fingerprint density at radius 2 is 1.86 bits per heavy atom. The van der Waals surface area contributed by atoms with Crippen LogP contribution in [0.25, 0.3) is 0 Å². The van der Waals surface area contributed by atoms with E-state index in [9.17, 15) is 9.59 Å². The molecule has 1 unspecified atom stereocenters. The lowest BCUT2D eigenvalue weighted by Crippen LogP contribution is -2.17. The molecule has 0 aliphatic heterocycles. The van der Waals surface area contributed by atoms with E-state index in [1.807, 2.05) is 38.2 Å². The summed E-state index contributed by atoms with van der Waals surface area (Å²) in [6, 6.07) is 11.0. The molecule has 0 N–H and O–H groups in total. The van der Waals surface area contributed by atoms with Gasteiger partial charge in [-0.25, -0.2) is 0 Å². The van der Waals surface area contributed by atoms with Crippen molar-refractivity contribution < 1.29 is 14.3 Å². The van der Waals surface area contributed by atoms with Crippen LogP contribution < -0.4 is 0 Å². The Labute approximate surface area is 130 Å². The predicted octanol–water partition coefficient (Wildman–Crippen LogP) is 3.23. The highest BCUT2D eigenvalue weighted by Crippen LogP contribution is 2.24. The molecule has 1 atom stereocenters. The van der Waals surface area contributed by atoms with Crippen LogP contribution in [0.4, 0.5) is 0 Å². The van der Waals surface area contributed by atoms with Gasteiger partial charge in [0.15, 0.2) is 0 Å². The molecular formula is C18H21NO3. The summed E-state index contributed by atoms with van der Waals surface area (Å²) in [6.07, 6.45) is 0. The van der Waals surface area contributed by atoms with Gasteiger partial charge in [0.25, 0.3) is 0 Å². The van der Waals surface area contributed by atoms with Crippen molar-refractivity contribution in [2.75, 3.05) is 6.61 Å². The largest absolute Gasteiger partial charge is 0.465 e. The van der Waals surface area contributed by atoms with Gasteiger partial charge in [-0.15, -0.1) is 0 Å². The van der Waals surface area contributed by atoms with Gasteiger partial charge in [0.2, 0.25) is 5.78 Å². The summed E-state index contributed by atoms with van der Waals surface area (Å²) in [5.41, 5.74) is 2.90. The molecule has 0 amide bonds. The number of nitrogens with zero attached hydrogens (tertiary/aromatic N) is 1. The van der Waals surface area contributed by atoms with Gasteiger partial charge in [0.1, 0.15) is 0 Å². The van der Waals surface area contributed by atoms with Gasteiger partial charge in [-0.1, -0.05) is 30.3 Å². The van der Waals surface area contributed by atoms with Crippen LogP contribution in [0.5, 0.6) is 0 Å². The Balaban J connectivity index is 2.39. The first-order valence-electron chi connectivity index (χ1n) is 7.40. The number of ketones is 1. The fourth-order valence-electron chi connectivity index (χ4n) is 2.64. The Hall–Kier alpha value is -2.36. The Kier molecular flexibility index (Phi) is 4.81. The van der Waals surface area contributed by atoms with Crippen LogP contribution in [0.2, 0.25) is 0 Å². The number of carbonyl (C=O) groups excluding carboxylic acids is 2. The van der Waals surface area contributed by atoms with Crippen LogP contribution >= 0.6 is 0 Å². The van der Waals surface area contributed by atoms with E-state index < -0.39 is 5.92 Å². The summed E-state index contributed by atoms with van der Waals surface area (Å²) in [6.45, 7) is 5.81. The van der Waals surface area contributed by atoms with Gasteiger partial charge in [-0.2, -0.15) is 0 Å². The molecule has 1 heterocycles. The monoisotopic (exact) mass is 299 g/mol. The van der Waals surface area contributed by atoms with Crippen molar-refractivity contribution in [3.63, 3.8) is 0 Å². The number of aromatic nitrogens is 1. The first-order chi connectivity index (χ1) is 10.5. The normalized spacial score (nSPS) is 12.0. The maximum atomic E-state index is 12.7. The maximum Gasteiger partial charge on any atom is 0.314 e. The van der Waals surface area contributed by atoms with E-state index in [0.717, 1.165) is 11.3 Å². The minimum Gasteiger partial charge on any atom is -0.465 e. The molecule has 0 aliphatic carbocycles.